The molecular formula is C22H19ClF3N3O2. The summed E-state index contributed by atoms with van der Waals surface area (Å²) >= 11 is 5.63. The van der Waals surface area contributed by atoms with E-state index >= 15 is 0 Å². The number of amides is 1. The van der Waals surface area contributed by atoms with E-state index in [0.717, 1.165) is 31.6 Å². The van der Waals surface area contributed by atoms with Gasteiger partial charge in [-0.1, -0.05) is 23.7 Å². The predicted octanol–water partition coefficient (Wildman–Crippen LogP) is 4.39. The summed E-state index contributed by atoms with van der Waals surface area (Å²) in [6.45, 7) is 1.58. The van der Waals surface area contributed by atoms with Crippen LogP contribution < -0.4 is 16.2 Å². The van der Waals surface area contributed by atoms with Crippen LogP contribution in [-0.4, -0.2) is 23.6 Å². The molecule has 0 radical (unpaired) electrons. The molecule has 1 aromatic heterocycles. The number of carbonyl (C=O) groups excluding carboxylic acids is 1. The van der Waals surface area contributed by atoms with Crippen molar-refractivity contribution in [3.63, 3.8) is 0 Å². The van der Waals surface area contributed by atoms with Crippen LogP contribution in [0.3, 0.4) is 0 Å². The maximum absolute atomic E-state index is 13.0. The van der Waals surface area contributed by atoms with Crippen LogP contribution in [0.2, 0.25) is 5.02 Å². The molecule has 1 fully saturated rings. The SMILES string of the molecule is O=C(Cc1ccc(Cl)c(C(F)(F)F)c1)Nc1cccc2c(=O)n(C3CCNC3)ccc12. The molecule has 0 aliphatic carbocycles. The van der Waals surface area contributed by atoms with Crippen LogP contribution in [0.5, 0.6) is 0 Å². The molecular weight excluding hydrogens is 431 g/mol. The quantitative estimate of drug-likeness (QED) is 0.621. The zero-order valence-corrected chi connectivity index (χ0v) is 17.1. The molecule has 0 bridgehead atoms. The van der Waals surface area contributed by atoms with E-state index in [2.05, 4.69) is 10.6 Å². The number of pyridine rings is 1. The number of anilines is 1. The number of alkyl halides is 3. The van der Waals surface area contributed by atoms with Crippen molar-refractivity contribution < 1.29 is 18.0 Å². The second-order valence-corrected chi connectivity index (χ2v) is 7.89. The van der Waals surface area contributed by atoms with E-state index in [0.29, 0.717) is 16.5 Å². The fourth-order valence-corrected chi connectivity index (χ4v) is 4.07. The number of hydrogen-bond acceptors (Lipinski definition) is 3. The van der Waals surface area contributed by atoms with Crippen molar-refractivity contribution in [2.45, 2.75) is 25.1 Å². The summed E-state index contributed by atoms with van der Waals surface area (Å²) < 4.78 is 40.8. The van der Waals surface area contributed by atoms with Crippen molar-refractivity contribution in [2.75, 3.05) is 18.4 Å². The topological polar surface area (TPSA) is 63.1 Å². The average Bonchev–Trinajstić information content (AvgIpc) is 3.24. The van der Waals surface area contributed by atoms with E-state index < -0.39 is 22.7 Å². The first-order valence-electron chi connectivity index (χ1n) is 9.74. The molecule has 1 aliphatic rings. The number of fused-ring (bicyclic) bond motifs is 1. The minimum Gasteiger partial charge on any atom is -0.325 e. The van der Waals surface area contributed by atoms with Crippen molar-refractivity contribution in [3.8, 4) is 0 Å². The fraction of sp³-hybridized carbons (Fsp3) is 0.273. The van der Waals surface area contributed by atoms with Gasteiger partial charge in [-0.3, -0.25) is 9.59 Å². The normalized spacial score (nSPS) is 16.6. The zero-order valence-electron chi connectivity index (χ0n) is 16.3. The molecule has 31 heavy (non-hydrogen) atoms. The Morgan fingerprint density at radius 1 is 1.19 bits per heavy atom. The second kappa shape index (κ2) is 8.36. The summed E-state index contributed by atoms with van der Waals surface area (Å²) in [7, 11) is 0. The lowest BCUT2D eigenvalue weighted by Crippen LogP contribution is -2.26. The second-order valence-electron chi connectivity index (χ2n) is 7.48. The van der Waals surface area contributed by atoms with Crippen molar-refractivity contribution >= 4 is 34.0 Å². The highest BCUT2D eigenvalue weighted by Gasteiger charge is 2.33. The number of carbonyl (C=O) groups is 1. The molecule has 0 spiro atoms. The monoisotopic (exact) mass is 449 g/mol. The van der Waals surface area contributed by atoms with Gasteiger partial charge in [-0.25, -0.2) is 0 Å². The molecule has 2 N–H and O–H groups in total. The van der Waals surface area contributed by atoms with Gasteiger partial charge >= 0.3 is 6.18 Å². The molecule has 1 aliphatic heterocycles. The Labute approximate surface area is 180 Å². The first kappa shape index (κ1) is 21.4. The van der Waals surface area contributed by atoms with E-state index in [4.69, 9.17) is 11.6 Å². The van der Waals surface area contributed by atoms with Crippen LogP contribution in [0.4, 0.5) is 18.9 Å². The molecule has 1 amide bonds. The minimum atomic E-state index is -4.60. The molecule has 9 heteroatoms. The molecule has 2 aromatic carbocycles. The Morgan fingerprint density at radius 2 is 2.00 bits per heavy atom. The van der Waals surface area contributed by atoms with Gasteiger partial charge in [0.25, 0.3) is 5.56 Å². The Bertz CT molecular complexity index is 1200. The van der Waals surface area contributed by atoms with Crippen LogP contribution in [-0.2, 0) is 17.4 Å². The molecule has 4 rings (SSSR count). The standard InChI is InChI=1S/C22H19ClF3N3O2/c23-18-5-4-13(10-17(18)22(24,25)26)11-20(30)28-19-3-1-2-16-15(19)7-9-29(21(16)31)14-6-8-27-12-14/h1-5,7,9-10,14,27H,6,8,11-12H2,(H,28,30). The highest BCUT2D eigenvalue weighted by Crippen LogP contribution is 2.35. The van der Waals surface area contributed by atoms with Gasteiger partial charge in [0.05, 0.1) is 23.0 Å². The molecule has 3 aromatic rings. The lowest BCUT2D eigenvalue weighted by molar-refractivity contribution is -0.137. The summed E-state index contributed by atoms with van der Waals surface area (Å²) in [4.78, 5) is 25.4. The highest BCUT2D eigenvalue weighted by atomic mass is 35.5. The zero-order chi connectivity index (χ0) is 22.2. The minimum absolute atomic E-state index is 0.0860. The van der Waals surface area contributed by atoms with Gasteiger partial charge in [-0.2, -0.15) is 13.2 Å². The van der Waals surface area contributed by atoms with Gasteiger partial charge in [0.15, 0.2) is 0 Å². The number of nitrogens with one attached hydrogen (secondary N) is 2. The molecule has 1 saturated heterocycles. The third kappa shape index (κ3) is 4.45. The summed E-state index contributed by atoms with van der Waals surface area (Å²) in [5.41, 5.74) is -0.506. The predicted molar refractivity (Wildman–Crippen MR) is 114 cm³/mol. The Kier molecular flexibility index (Phi) is 5.77. The fourth-order valence-electron chi connectivity index (χ4n) is 3.85. The third-order valence-electron chi connectivity index (χ3n) is 5.38. The largest absolute Gasteiger partial charge is 0.417 e. The smallest absolute Gasteiger partial charge is 0.325 e. The first-order valence-corrected chi connectivity index (χ1v) is 10.1. The lowest BCUT2D eigenvalue weighted by atomic mass is 10.1. The number of halogens is 4. The third-order valence-corrected chi connectivity index (χ3v) is 5.71. The molecule has 1 unspecified atom stereocenters. The van der Waals surface area contributed by atoms with Crippen LogP contribution in [0.25, 0.3) is 10.8 Å². The molecule has 5 nitrogen and oxygen atoms in total. The molecule has 0 saturated carbocycles. The van der Waals surface area contributed by atoms with Gasteiger partial charge in [0.2, 0.25) is 5.91 Å². The molecule has 162 valence electrons. The van der Waals surface area contributed by atoms with Gasteiger partial charge in [-0.05, 0) is 48.9 Å². The number of nitrogens with zero attached hydrogens (tertiary/aromatic N) is 1. The van der Waals surface area contributed by atoms with Gasteiger partial charge in [0.1, 0.15) is 0 Å². The number of rotatable bonds is 4. The highest BCUT2D eigenvalue weighted by molar-refractivity contribution is 6.31. The van der Waals surface area contributed by atoms with Gasteiger partial charge in [0, 0.05) is 29.2 Å². The Hall–Kier alpha value is -2.84. The van der Waals surface area contributed by atoms with E-state index in [1.54, 1.807) is 35.0 Å². The maximum atomic E-state index is 13.0. The van der Waals surface area contributed by atoms with Crippen LogP contribution >= 0.6 is 11.6 Å². The van der Waals surface area contributed by atoms with Gasteiger partial charge < -0.3 is 15.2 Å². The number of benzene rings is 2. The number of aromatic nitrogens is 1. The average molecular weight is 450 g/mol. The van der Waals surface area contributed by atoms with E-state index in [1.807, 2.05) is 0 Å². The molecule has 2 heterocycles. The van der Waals surface area contributed by atoms with Crippen molar-refractivity contribution in [3.05, 3.63) is 75.2 Å². The van der Waals surface area contributed by atoms with Crippen LogP contribution in [0.15, 0.2) is 53.5 Å². The van der Waals surface area contributed by atoms with Gasteiger partial charge in [-0.15, -0.1) is 0 Å². The van der Waals surface area contributed by atoms with Crippen LogP contribution in [0, 0.1) is 0 Å². The summed E-state index contributed by atoms with van der Waals surface area (Å²) in [5, 5.41) is 6.57. The van der Waals surface area contributed by atoms with Crippen LogP contribution in [0.1, 0.15) is 23.6 Å². The Morgan fingerprint density at radius 3 is 2.71 bits per heavy atom. The molecule has 1 atom stereocenters. The Balaban J connectivity index is 1.58. The lowest BCUT2D eigenvalue weighted by Gasteiger charge is -2.15. The van der Waals surface area contributed by atoms with E-state index in [-0.39, 0.29) is 23.6 Å². The van der Waals surface area contributed by atoms with E-state index in [1.165, 1.54) is 6.07 Å². The summed E-state index contributed by atoms with van der Waals surface area (Å²) in [5.74, 6) is -0.493. The summed E-state index contributed by atoms with van der Waals surface area (Å²) in [6.07, 6.45) is -2.29. The van der Waals surface area contributed by atoms with Crippen molar-refractivity contribution in [1.29, 1.82) is 0 Å². The van der Waals surface area contributed by atoms with Crippen molar-refractivity contribution in [1.82, 2.24) is 9.88 Å². The summed E-state index contributed by atoms with van der Waals surface area (Å²) in [6, 6.07) is 10.3. The first-order chi connectivity index (χ1) is 14.7. The van der Waals surface area contributed by atoms with Crippen molar-refractivity contribution in [2.24, 2.45) is 0 Å². The number of hydrogen-bond donors (Lipinski definition) is 2. The maximum Gasteiger partial charge on any atom is 0.417 e. The van der Waals surface area contributed by atoms with E-state index in [9.17, 15) is 22.8 Å².